The van der Waals surface area contributed by atoms with Gasteiger partial charge >= 0.3 is 0 Å². The van der Waals surface area contributed by atoms with Crippen LogP contribution in [0.4, 0.5) is 0 Å². The number of carbonyl (C=O) groups is 1. The molecule has 5 nitrogen and oxygen atoms in total. The standard InChI is InChI=1S/C13H15BrN2O3S/c1-9(11-4-2-3-5-12(11)14)15-16-13(17)10-6-7-20(18,19)8-10/h2-5,10H,6-8H2,1H3,(H,16,17)/b15-9-/t10-/m0/s1. The van der Waals surface area contributed by atoms with Gasteiger partial charge in [-0.1, -0.05) is 34.1 Å². The summed E-state index contributed by atoms with van der Waals surface area (Å²) in [6.07, 6.45) is 0.373. The normalized spacial score (nSPS) is 21.7. The third-order valence-corrected chi connectivity index (χ3v) is 5.66. The lowest BCUT2D eigenvalue weighted by Gasteiger charge is -2.07. The molecule has 1 heterocycles. The summed E-state index contributed by atoms with van der Waals surface area (Å²) in [4.78, 5) is 11.9. The van der Waals surface area contributed by atoms with Crippen LogP contribution in [0.1, 0.15) is 18.9 Å². The predicted molar refractivity (Wildman–Crippen MR) is 81.3 cm³/mol. The summed E-state index contributed by atoms with van der Waals surface area (Å²) in [5, 5.41) is 4.04. The average Bonchev–Trinajstić information content (AvgIpc) is 2.76. The van der Waals surface area contributed by atoms with E-state index in [1.807, 2.05) is 24.3 Å². The minimum atomic E-state index is -3.05. The first-order valence-corrected chi connectivity index (χ1v) is 8.80. The van der Waals surface area contributed by atoms with Crippen molar-refractivity contribution >= 4 is 37.4 Å². The molecule has 0 aliphatic carbocycles. The van der Waals surface area contributed by atoms with E-state index in [0.29, 0.717) is 12.1 Å². The Morgan fingerprint density at radius 3 is 2.70 bits per heavy atom. The van der Waals surface area contributed by atoms with Gasteiger partial charge in [-0.25, -0.2) is 13.8 Å². The van der Waals surface area contributed by atoms with Gasteiger partial charge in [0.15, 0.2) is 9.84 Å². The molecule has 20 heavy (non-hydrogen) atoms. The maximum Gasteiger partial charge on any atom is 0.244 e. The highest BCUT2D eigenvalue weighted by Gasteiger charge is 2.32. The van der Waals surface area contributed by atoms with Gasteiger partial charge in [-0.3, -0.25) is 4.79 Å². The summed E-state index contributed by atoms with van der Waals surface area (Å²) in [6, 6.07) is 7.54. The van der Waals surface area contributed by atoms with Crippen molar-refractivity contribution < 1.29 is 13.2 Å². The topological polar surface area (TPSA) is 75.6 Å². The number of hydrogen-bond donors (Lipinski definition) is 1. The van der Waals surface area contributed by atoms with E-state index in [4.69, 9.17) is 0 Å². The molecule has 0 unspecified atom stereocenters. The van der Waals surface area contributed by atoms with Crippen molar-refractivity contribution in [1.82, 2.24) is 5.43 Å². The van der Waals surface area contributed by atoms with Gasteiger partial charge in [0, 0.05) is 10.0 Å². The lowest BCUT2D eigenvalue weighted by Crippen LogP contribution is -2.28. The van der Waals surface area contributed by atoms with E-state index in [2.05, 4.69) is 26.5 Å². The van der Waals surface area contributed by atoms with E-state index in [1.54, 1.807) is 6.92 Å². The van der Waals surface area contributed by atoms with Crippen LogP contribution < -0.4 is 5.43 Å². The van der Waals surface area contributed by atoms with Crippen molar-refractivity contribution in [3.05, 3.63) is 34.3 Å². The summed E-state index contributed by atoms with van der Waals surface area (Å²) in [5.41, 5.74) is 3.99. The van der Waals surface area contributed by atoms with Gasteiger partial charge in [0.25, 0.3) is 0 Å². The molecule has 1 aliphatic heterocycles. The predicted octanol–water partition coefficient (Wildman–Crippen LogP) is 1.72. The van der Waals surface area contributed by atoms with Gasteiger partial charge in [-0.2, -0.15) is 5.10 Å². The van der Waals surface area contributed by atoms with E-state index < -0.39 is 15.8 Å². The van der Waals surface area contributed by atoms with E-state index >= 15 is 0 Å². The van der Waals surface area contributed by atoms with Gasteiger partial charge in [-0.05, 0) is 19.4 Å². The van der Waals surface area contributed by atoms with Crippen LogP contribution in [-0.2, 0) is 14.6 Å². The highest BCUT2D eigenvalue weighted by molar-refractivity contribution is 9.10. The third kappa shape index (κ3) is 3.67. The Balaban J connectivity index is 2.03. The molecular weight excluding hydrogens is 344 g/mol. The molecule has 0 aromatic heterocycles. The summed E-state index contributed by atoms with van der Waals surface area (Å²) in [6.45, 7) is 1.78. The van der Waals surface area contributed by atoms with Crippen LogP contribution in [0.15, 0.2) is 33.8 Å². The van der Waals surface area contributed by atoms with Crippen LogP contribution in [0.5, 0.6) is 0 Å². The molecule has 0 bridgehead atoms. The first kappa shape index (κ1) is 15.2. The minimum Gasteiger partial charge on any atom is -0.273 e. The lowest BCUT2D eigenvalue weighted by atomic mass is 10.1. The molecule has 1 aromatic carbocycles. The molecule has 1 aromatic rings. The number of sulfone groups is 1. The van der Waals surface area contributed by atoms with Crippen LogP contribution >= 0.6 is 15.9 Å². The Hall–Kier alpha value is -1.21. The highest BCUT2D eigenvalue weighted by atomic mass is 79.9. The van der Waals surface area contributed by atoms with Crippen molar-refractivity contribution in [3.8, 4) is 0 Å². The molecule has 2 rings (SSSR count). The Kier molecular flexibility index (Phi) is 4.59. The zero-order valence-corrected chi connectivity index (χ0v) is 13.4. The molecular formula is C13H15BrN2O3S. The second-order valence-electron chi connectivity index (χ2n) is 4.75. The maximum absolute atomic E-state index is 11.9. The molecule has 1 atom stereocenters. The van der Waals surface area contributed by atoms with Gasteiger partial charge in [0.05, 0.1) is 23.1 Å². The van der Waals surface area contributed by atoms with E-state index in [1.165, 1.54) is 0 Å². The summed E-state index contributed by atoms with van der Waals surface area (Å²) in [5.74, 6) is -0.825. The second-order valence-corrected chi connectivity index (χ2v) is 7.84. The first-order chi connectivity index (χ1) is 9.39. The van der Waals surface area contributed by atoms with Gasteiger partial charge in [0.2, 0.25) is 5.91 Å². The number of nitrogens with zero attached hydrogens (tertiary/aromatic N) is 1. The minimum absolute atomic E-state index is 0.0809. The monoisotopic (exact) mass is 358 g/mol. The first-order valence-electron chi connectivity index (χ1n) is 6.18. The van der Waals surface area contributed by atoms with Crippen LogP contribution in [0.25, 0.3) is 0 Å². The van der Waals surface area contributed by atoms with Crippen LogP contribution in [0.3, 0.4) is 0 Å². The molecule has 1 saturated heterocycles. The van der Waals surface area contributed by atoms with Crippen molar-refractivity contribution in [2.24, 2.45) is 11.0 Å². The smallest absolute Gasteiger partial charge is 0.244 e. The number of rotatable bonds is 3. The number of hydrazone groups is 1. The second kappa shape index (κ2) is 6.05. The third-order valence-electron chi connectivity index (χ3n) is 3.20. The number of benzene rings is 1. The van der Waals surface area contributed by atoms with Gasteiger partial charge in [-0.15, -0.1) is 0 Å². The zero-order valence-electron chi connectivity index (χ0n) is 11.0. The number of carbonyl (C=O) groups excluding carboxylic acids is 1. The van der Waals surface area contributed by atoms with E-state index in [9.17, 15) is 13.2 Å². The summed E-state index contributed by atoms with van der Waals surface area (Å²) < 4.78 is 23.5. The van der Waals surface area contributed by atoms with Crippen molar-refractivity contribution in [2.45, 2.75) is 13.3 Å². The van der Waals surface area contributed by atoms with E-state index in [0.717, 1.165) is 10.0 Å². The fourth-order valence-corrected chi connectivity index (χ4v) is 4.36. The van der Waals surface area contributed by atoms with Gasteiger partial charge in [0.1, 0.15) is 0 Å². The number of halogens is 1. The van der Waals surface area contributed by atoms with Crippen LogP contribution in [0.2, 0.25) is 0 Å². The van der Waals surface area contributed by atoms with Crippen molar-refractivity contribution in [1.29, 1.82) is 0 Å². The van der Waals surface area contributed by atoms with Crippen molar-refractivity contribution in [2.75, 3.05) is 11.5 Å². The largest absolute Gasteiger partial charge is 0.273 e. The molecule has 1 aliphatic rings. The molecule has 0 radical (unpaired) electrons. The van der Waals surface area contributed by atoms with Crippen LogP contribution in [-0.4, -0.2) is 31.5 Å². The number of hydrogen-bond acceptors (Lipinski definition) is 4. The number of amides is 1. The highest BCUT2D eigenvalue weighted by Crippen LogP contribution is 2.19. The maximum atomic E-state index is 11.9. The Bertz CT molecular complexity index is 655. The molecule has 108 valence electrons. The average molecular weight is 359 g/mol. The Morgan fingerprint density at radius 1 is 1.40 bits per heavy atom. The SMILES string of the molecule is C/C(=N/NC(=O)[C@H]1CCS(=O)(=O)C1)c1ccccc1Br. The number of nitrogens with one attached hydrogen (secondary N) is 1. The molecule has 1 N–H and O–H groups in total. The molecule has 7 heteroatoms. The molecule has 1 fully saturated rings. The fraction of sp³-hybridized carbons (Fsp3) is 0.385. The quantitative estimate of drug-likeness (QED) is 0.660. The summed E-state index contributed by atoms with van der Waals surface area (Å²) >= 11 is 3.41. The van der Waals surface area contributed by atoms with Crippen molar-refractivity contribution in [3.63, 3.8) is 0 Å². The zero-order chi connectivity index (χ0) is 14.8. The molecule has 1 amide bonds. The molecule has 0 spiro atoms. The Labute approximate surface area is 126 Å². The summed E-state index contributed by atoms with van der Waals surface area (Å²) in [7, 11) is -3.05. The fourth-order valence-electron chi connectivity index (χ4n) is 2.05. The van der Waals surface area contributed by atoms with Crippen LogP contribution in [0, 0.1) is 5.92 Å². The molecule has 0 saturated carbocycles. The van der Waals surface area contributed by atoms with E-state index in [-0.39, 0.29) is 17.4 Å². The lowest BCUT2D eigenvalue weighted by molar-refractivity contribution is -0.124. The Morgan fingerprint density at radius 2 is 2.10 bits per heavy atom. The van der Waals surface area contributed by atoms with Gasteiger partial charge < -0.3 is 0 Å².